The van der Waals surface area contributed by atoms with Gasteiger partial charge in [-0.2, -0.15) is 18.3 Å². The molecule has 0 unspecified atom stereocenters. The molecule has 3 amide bonds. The highest BCUT2D eigenvalue weighted by Crippen LogP contribution is 2.34. The molecule has 0 atom stereocenters. The largest absolute Gasteiger partial charge is 0.433 e. The predicted octanol–water partition coefficient (Wildman–Crippen LogP) is 5.52. The number of carbonyl (C=O) groups is 2. The molecular weight excluding hydrogens is 433 g/mol. The molecule has 33 heavy (non-hydrogen) atoms. The van der Waals surface area contributed by atoms with Crippen LogP contribution in [0.5, 0.6) is 0 Å². The first-order chi connectivity index (χ1) is 15.8. The van der Waals surface area contributed by atoms with Crippen LogP contribution >= 0.6 is 0 Å². The molecule has 1 heterocycles. The van der Waals surface area contributed by atoms with Crippen molar-refractivity contribution in [3.8, 4) is 16.9 Å². The van der Waals surface area contributed by atoms with Crippen LogP contribution in [0.1, 0.15) is 16.1 Å². The van der Waals surface area contributed by atoms with Crippen molar-refractivity contribution < 1.29 is 22.8 Å². The summed E-state index contributed by atoms with van der Waals surface area (Å²) in [6.45, 7) is 0. The second kappa shape index (κ2) is 8.99. The van der Waals surface area contributed by atoms with Crippen molar-refractivity contribution in [3.05, 3.63) is 102 Å². The van der Waals surface area contributed by atoms with Crippen molar-refractivity contribution in [2.45, 2.75) is 6.18 Å². The van der Waals surface area contributed by atoms with Crippen LogP contribution in [0.15, 0.2) is 91.0 Å². The normalized spacial score (nSPS) is 11.1. The molecule has 0 radical (unpaired) electrons. The van der Waals surface area contributed by atoms with E-state index in [0.29, 0.717) is 16.8 Å². The lowest BCUT2D eigenvalue weighted by Crippen LogP contribution is -2.34. The van der Waals surface area contributed by atoms with E-state index in [9.17, 15) is 22.8 Å². The molecule has 0 aliphatic carbocycles. The van der Waals surface area contributed by atoms with Gasteiger partial charge < -0.3 is 5.32 Å². The van der Waals surface area contributed by atoms with Gasteiger partial charge in [-0.15, -0.1) is 0 Å². The second-order valence-corrected chi connectivity index (χ2v) is 7.01. The third-order valence-corrected chi connectivity index (χ3v) is 4.70. The predicted molar refractivity (Wildman–Crippen MR) is 117 cm³/mol. The molecule has 0 fully saturated rings. The maximum Gasteiger partial charge on any atom is 0.433 e. The fourth-order valence-corrected chi connectivity index (χ4v) is 3.14. The molecule has 3 aromatic carbocycles. The number of imide groups is 1. The average Bonchev–Trinajstić information content (AvgIpc) is 3.27. The van der Waals surface area contributed by atoms with E-state index in [-0.39, 0.29) is 11.4 Å². The Labute approximate surface area is 186 Å². The van der Waals surface area contributed by atoms with Gasteiger partial charge in [-0.25, -0.2) is 9.48 Å². The van der Waals surface area contributed by atoms with Crippen LogP contribution in [0.3, 0.4) is 0 Å². The number of amides is 3. The minimum absolute atomic E-state index is 0.163. The number of halogens is 3. The minimum Gasteiger partial charge on any atom is -0.308 e. The molecule has 0 aliphatic heterocycles. The van der Waals surface area contributed by atoms with Crippen molar-refractivity contribution in [3.63, 3.8) is 0 Å². The van der Waals surface area contributed by atoms with E-state index in [0.717, 1.165) is 10.7 Å². The SMILES string of the molecule is O=C(NC(=O)c1ccccc1)Nc1ccc(-n2nc(-c3ccccc3)cc2C(F)(F)F)cc1. The molecule has 166 valence electrons. The molecule has 0 spiro atoms. The number of nitrogens with one attached hydrogen (secondary N) is 2. The molecule has 0 saturated carbocycles. The van der Waals surface area contributed by atoms with Gasteiger partial charge in [0.2, 0.25) is 0 Å². The van der Waals surface area contributed by atoms with Crippen LogP contribution in [0, 0.1) is 0 Å². The Morgan fingerprint density at radius 1 is 0.818 bits per heavy atom. The molecule has 0 saturated heterocycles. The summed E-state index contributed by atoms with van der Waals surface area (Å²) in [6.07, 6.45) is -4.62. The van der Waals surface area contributed by atoms with Gasteiger partial charge in [0, 0.05) is 16.8 Å². The van der Waals surface area contributed by atoms with Crippen LogP contribution in [-0.4, -0.2) is 21.7 Å². The topological polar surface area (TPSA) is 76.0 Å². The molecule has 6 nitrogen and oxygen atoms in total. The number of urea groups is 1. The van der Waals surface area contributed by atoms with E-state index in [1.54, 1.807) is 60.7 Å². The van der Waals surface area contributed by atoms with Gasteiger partial charge in [-0.3, -0.25) is 10.1 Å². The monoisotopic (exact) mass is 450 g/mol. The summed E-state index contributed by atoms with van der Waals surface area (Å²) in [6, 6.07) is 22.6. The highest BCUT2D eigenvalue weighted by atomic mass is 19.4. The molecule has 4 rings (SSSR count). The molecule has 0 aliphatic rings. The fraction of sp³-hybridized carbons (Fsp3) is 0.0417. The smallest absolute Gasteiger partial charge is 0.308 e. The molecule has 2 N–H and O–H groups in total. The zero-order chi connectivity index (χ0) is 23.4. The van der Waals surface area contributed by atoms with E-state index in [1.807, 2.05) is 0 Å². The number of nitrogens with zero attached hydrogens (tertiary/aromatic N) is 2. The Kier molecular flexibility index (Phi) is 5.95. The van der Waals surface area contributed by atoms with Gasteiger partial charge in [0.25, 0.3) is 5.91 Å². The summed E-state index contributed by atoms with van der Waals surface area (Å²) in [5.74, 6) is -0.579. The van der Waals surface area contributed by atoms with Crippen LogP contribution < -0.4 is 10.6 Å². The maximum atomic E-state index is 13.6. The van der Waals surface area contributed by atoms with Crippen LogP contribution in [0.4, 0.5) is 23.7 Å². The summed E-state index contributed by atoms with van der Waals surface area (Å²) in [5.41, 5.74) is 0.587. The van der Waals surface area contributed by atoms with Gasteiger partial charge >= 0.3 is 12.2 Å². The van der Waals surface area contributed by atoms with E-state index in [4.69, 9.17) is 0 Å². The number of benzene rings is 3. The zero-order valence-corrected chi connectivity index (χ0v) is 17.0. The molecule has 1 aromatic heterocycles. The van der Waals surface area contributed by atoms with Gasteiger partial charge in [0.05, 0.1) is 11.4 Å². The Morgan fingerprint density at radius 2 is 1.42 bits per heavy atom. The zero-order valence-electron chi connectivity index (χ0n) is 17.0. The number of hydrogen-bond donors (Lipinski definition) is 2. The van der Waals surface area contributed by atoms with Gasteiger partial charge in [-0.1, -0.05) is 48.5 Å². The number of rotatable bonds is 4. The fourth-order valence-electron chi connectivity index (χ4n) is 3.14. The lowest BCUT2D eigenvalue weighted by atomic mass is 10.1. The second-order valence-electron chi connectivity index (χ2n) is 7.01. The van der Waals surface area contributed by atoms with Crippen LogP contribution in [0.25, 0.3) is 16.9 Å². The van der Waals surface area contributed by atoms with Gasteiger partial charge in [0.15, 0.2) is 0 Å². The Bertz CT molecular complexity index is 1270. The average molecular weight is 450 g/mol. The summed E-state index contributed by atoms with van der Waals surface area (Å²) < 4.78 is 41.7. The third kappa shape index (κ3) is 5.09. The lowest BCUT2D eigenvalue weighted by Gasteiger charge is -2.11. The summed E-state index contributed by atoms with van der Waals surface area (Å²) in [4.78, 5) is 24.1. The third-order valence-electron chi connectivity index (χ3n) is 4.70. The first kappa shape index (κ1) is 21.8. The van der Waals surface area contributed by atoms with Crippen molar-refractivity contribution in [1.29, 1.82) is 0 Å². The molecule has 0 bridgehead atoms. The first-order valence-electron chi connectivity index (χ1n) is 9.82. The van der Waals surface area contributed by atoms with E-state index in [2.05, 4.69) is 15.7 Å². The highest BCUT2D eigenvalue weighted by Gasteiger charge is 2.36. The minimum atomic E-state index is -4.62. The van der Waals surface area contributed by atoms with E-state index in [1.165, 1.54) is 24.3 Å². The summed E-state index contributed by atoms with van der Waals surface area (Å²) in [5, 5.41) is 8.79. The standard InChI is InChI=1S/C24H17F3N4O2/c25-24(26,27)21-15-20(16-7-3-1-4-8-16)30-31(21)19-13-11-18(12-14-19)28-23(33)29-22(32)17-9-5-2-6-10-17/h1-15H,(H2,28,29,32,33). The Balaban J connectivity index is 1.53. The lowest BCUT2D eigenvalue weighted by molar-refractivity contribution is -0.142. The highest BCUT2D eigenvalue weighted by molar-refractivity contribution is 6.07. The van der Waals surface area contributed by atoms with E-state index < -0.39 is 23.8 Å². The van der Waals surface area contributed by atoms with Gasteiger partial charge in [-0.05, 0) is 42.5 Å². The van der Waals surface area contributed by atoms with Crippen molar-refractivity contribution in [2.75, 3.05) is 5.32 Å². The van der Waals surface area contributed by atoms with E-state index >= 15 is 0 Å². The van der Waals surface area contributed by atoms with Crippen molar-refractivity contribution in [2.24, 2.45) is 0 Å². The summed E-state index contributed by atoms with van der Waals surface area (Å²) >= 11 is 0. The Hall–Kier alpha value is -4.40. The van der Waals surface area contributed by atoms with Crippen LogP contribution in [-0.2, 0) is 6.18 Å². The number of alkyl halides is 3. The molecule has 9 heteroatoms. The van der Waals surface area contributed by atoms with Gasteiger partial charge in [0.1, 0.15) is 5.69 Å². The molecule has 4 aromatic rings. The number of carbonyl (C=O) groups excluding carboxylic acids is 2. The van der Waals surface area contributed by atoms with Crippen molar-refractivity contribution >= 4 is 17.6 Å². The van der Waals surface area contributed by atoms with Crippen LogP contribution in [0.2, 0.25) is 0 Å². The summed E-state index contributed by atoms with van der Waals surface area (Å²) in [7, 11) is 0. The first-order valence-corrected chi connectivity index (χ1v) is 9.82. The van der Waals surface area contributed by atoms with Crippen molar-refractivity contribution in [1.82, 2.24) is 15.1 Å². The quantitative estimate of drug-likeness (QED) is 0.430. The maximum absolute atomic E-state index is 13.6. The number of hydrogen-bond acceptors (Lipinski definition) is 3. The molecular formula is C24H17F3N4O2. The number of anilines is 1. The Morgan fingerprint density at radius 3 is 2.03 bits per heavy atom. The number of aromatic nitrogens is 2.